The van der Waals surface area contributed by atoms with Gasteiger partial charge in [0.05, 0.1) is 12.6 Å². The summed E-state index contributed by atoms with van der Waals surface area (Å²) in [4.78, 5) is 4.34. The van der Waals surface area contributed by atoms with Crippen LogP contribution >= 0.6 is 0 Å². The normalized spacial score (nSPS) is 11.0. The molecule has 0 atom stereocenters. The van der Waals surface area contributed by atoms with Crippen LogP contribution in [-0.2, 0) is 0 Å². The lowest BCUT2D eigenvalue weighted by Crippen LogP contribution is -2.17. The molecule has 3 aromatic rings. The number of para-hydroxylation sites is 1. The summed E-state index contributed by atoms with van der Waals surface area (Å²) < 4.78 is 46.2. The quantitative estimate of drug-likeness (QED) is 0.598. The number of fused-ring (bicyclic) bond motifs is 3. The zero-order valence-corrected chi connectivity index (χ0v) is 12.9. The largest absolute Gasteiger partial charge is 0.573 e. The molecule has 2 aromatic carbocycles. The number of benzene rings is 2. The SMILES string of the molecule is CC.COc1nc2ccccc2c2cc(OC(F)(F)F)ccc12. The summed E-state index contributed by atoms with van der Waals surface area (Å²) in [6, 6.07) is 11.3. The van der Waals surface area contributed by atoms with E-state index in [0.717, 1.165) is 5.39 Å². The monoisotopic (exact) mass is 323 g/mol. The Morgan fingerprint density at radius 3 is 2.26 bits per heavy atom. The lowest BCUT2D eigenvalue weighted by atomic mass is 10.1. The Morgan fingerprint density at radius 2 is 1.61 bits per heavy atom. The van der Waals surface area contributed by atoms with Crippen LogP contribution in [0.1, 0.15) is 13.8 Å². The molecule has 0 amide bonds. The molecule has 0 saturated carbocycles. The first-order valence-electron chi connectivity index (χ1n) is 7.10. The number of hydrogen-bond donors (Lipinski definition) is 0. The van der Waals surface area contributed by atoms with E-state index in [1.807, 2.05) is 13.8 Å². The topological polar surface area (TPSA) is 31.4 Å². The fourth-order valence-electron chi connectivity index (χ4n) is 2.25. The Hall–Kier alpha value is -2.50. The van der Waals surface area contributed by atoms with Crippen LogP contribution in [0.5, 0.6) is 11.6 Å². The number of ether oxygens (including phenoxy) is 2. The fourth-order valence-corrected chi connectivity index (χ4v) is 2.25. The van der Waals surface area contributed by atoms with Crippen LogP contribution < -0.4 is 9.47 Å². The molecule has 3 nitrogen and oxygen atoms in total. The maximum absolute atomic E-state index is 12.3. The molecule has 3 rings (SSSR count). The smallest absolute Gasteiger partial charge is 0.481 e. The number of nitrogens with zero attached hydrogens (tertiary/aromatic N) is 1. The number of halogens is 3. The summed E-state index contributed by atoms with van der Waals surface area (Å²) in [7, 11) is 1.47. The fraction of sp³-hybridized carbons (Fsp3) is 0.235. The van der Waals surface area contributed by atoms with Gasteiger partial charge >= 0.3 is 6.36 Å². The predicted molar refractivity (Wildman–Crippen MR) is 83.8 cm³/mol. The average molecular weight is 323 g/mol. The van der Waals surface area contributed by atoms with Crippen molar-refractivity contribution in [3.05, 3.63) is 42.5 Å². The van der Waals surface area contributed by atoms with Crippen LogP contribution in [-0.4, -0.2) is 18.5 Å². The number of methoxy groups -OCH3 is 1. The highest BCUT2D eigenvalue weighted by atomic mass is 19.4. The van der Waals surface area contributed by atoms with Crippen molar-refractivity contribution in [3.63, 3.8) is 0 Å². The lowest BCUT2D eigenvalue weighted by molar-refractivity contribution is -0.274. The van der Waals surface area contributed by atoms with E-state index in [4.69, 9.17) is 4.74 Å². The molecular formula is C17H16F3NO2. The van der Waals surface area contributed by atoms with E-state index in [1.54, 1.807) is 24.3 Å². The Bertz CT molecular complexity index is 816. The summed E-state index contributed by atoms with van der Waals surface area (Å²) in [5.41, 5.74) is 0.644. The second-order valence-electron chi connectivity index (χ2n) is 4.39. The highest BCUT2D eigenvalue weighted by Gasteiger charge is 2.31. The van der Waals surface area contributed by atoms with Crippen LogP contribution in [0.15, 0.2) is 42.5 Å². The molecule has 1 heterocycles. The average Bonchev–Trinajstić information content (AvgIpc) is 2.54. The first kappa shape index (κ1) is 16.9. The van der Waals surface area contributed by atoms with Gasteiger partial charge in [-0.3, -0.25) is 0 Å². The third-order valence-electron chi connectivity index (χ3n) is 3.06. The van der Waals surface area contributed by atoms with E-state index in [2.05, 4.69) is 9.72 Å². The highest BCUT2D eigenvalue weighted by Crippen LogP contribution is 2.34. The van der Waals surface area contributed by atoms with Crippen LogP contribution in [0.4, 0.5) is 13.2 Å². The third kappa shape index (κ3) is 3.64. The maximum Gasteiger partial charge on any atom is 0.573 e. The molecule has 0 aliphatic heterocycles. The molecule has 0 saturated heterocycles. The molecule has 0 spiro atoms. The van der Waals surface area contributed by atoms with Crippen molar-refractivity contribution < 1.29 is 22.6 Å². The molecule has 0 radical (unpaired) electrons. The van der Waals surface area contributed by atoms with E-state index in [0.29, 0.717) is 22.2 Å². The second kappa shape index (κ2) is 6.73. The lowest BCUT2D eigenvalue weighted by Gasteiger charge is -2.12. The zero-order valence-electron chi connectivity index (χ0n) is 12.9. The van der Waals surface area contributed by atoms with Crippen molar-refractivity contribution in [1.29, 1.82) is 0 Å². The molecule has 0 bridgehead atoms. The summed E-state index contributed by atoms with van der Waals surface area (Å²) >= 11 is 0. The number of aromatic nitrogens is 1. The number of pyridine rings is 1. The molecule has 0 unspecified atom stereocenters. The van der Waals surface area contributed by atoms with Gasteiger partial charge in [-0.2, -0.15) is 0 Å². The first-order chi connectivity index (χ1) is 11.0. The first-order valence-corrected chi connectivity index (χ1v) is 7.10. The molecule has 0 fully saturated rings. The maximum atomic E-state index is 12.3. The Labute approximate surface area is 131 Å². The van der Waals surface area contributed by atoms with Gasteiger partial charge < -0.3 is 9.47 Å². The Balaban J connectivity index is 0.000000924. The van der Waals surface area contributed by atoms with Crippen molar-refractivity contribution in [2.45, 2.75) is 20.2 Å². The van der Waals surface area contributed by atoms with Gasteiger partial charge in [0.2, 0.25) is 5.88 Å². The summed E-state index contributed by atoms with van der Waals surface area (Å²) in [5.74, 6) is 0.0932. The number of rotatable bonds is 2. The minimum absolute atomic E-state index is 0.270. The van der Waals surface area contributed by atoms with Crippen molar-refractivity contribution in [2.24, 2.45) is 0 Å². The summed E-state index contributed by atoms with van der Waals surface area (Å²) in [6.07, 6.45) is -4.72. The Morgan fingerprint density at radius 1 is 0.913 bits per heavy atom. The number of hydrogen-bond acceptors (Lipinski definition) is 3. The van der Waals surface area contributed by atoms with E-state index in [-0.39, 0.29) is 5.75 Å². The van der Waals surface area contributed by atoms with Crippen molar-refractivity contribution in [2.75, 3.05) is 7.11 Å². The van der Waals surface area contributed by atoms with Crippen LogP contribution in [0.3, 0.4) is 0 Å². The molecule has 0 aliphatic carbocycles. The molecule has 23 heavy (non-hydrogen) atoms. The van der Waals surface area contributed by atoms with Crippen molar-refractivity contribution >= 4 is 21.7 Å². The van der Waals surface area contributed by atoms with Crippen LogP contribution in [0.2, 0.25) is 0 Å². The molecular weight excluding hydrogens is 307 g/mol. The summed E-state index contributed by atoms with van der Waals surface area (Å²) in [5, 5.41) is 1.96. The minimum Gasteiger partial charge on any atom is -0.481 e. The molecule has 0 N–H and O–H groups in total. The van der Waals surface area contributed by atoms with Gasteiger partial charge in [-0.05, 0) is 24.3 Å². The van der Waals surface area contributed by atoms with Gasteiger partial charge in [-0.1, -0.05) is 32.0 Å². The predicted octanol–water partition coefficient (Wildman–Crippen LogP) is 5.32. The summed E-state index contributed by atoms with van der Waals surface area (Å²) in [6.45, 7) is 4.00. The van der Waals surface area contributed by atoms with E-state index in [1.165, 1.54) is 25.3 Å². The van der Waals surface area contributed by atoms with Gasteiger partial charge in [0, 0.05) is 16.2 Å². The van der Waals surface area contributed by atoms with Gasteiger partial charge in [0.1, 0.15) is 5.75 Å². The van der Waals surface area contributed by atoms with Gasteiger partial charge in [-0.15, -0.1) is 13.2 Å². The molecule has 122 valence electrons. The van der Waals surface area contributed by atoms with E-state index >= 15 is 0 Å². The van der Waals surface area contributed by atoms with Crippen molar-refractivity contribution in [1.82, 2.24) is 4.98 Å². The van der Waals surface area contributed by atoms with E-state index in [9.17, 15) is 13.2 Å². The van der Waals surface area contributed by atoms with Crippen molar-refractivity contribution in [3.8, 4) is 11.6 Å². The number of alkyl halides is 3. The molecule has 0 aliphatic rings. The molecule has 1 aromatic heterocycles. The standard InChI is InChI=1S/C15H10F3NO2.C2H6/c1-20-14-11-7-6-9(21-15(16,17)18)8-12(11)10-4-2-3-5-13(10)19-14;1-2/h2-8H,1H3;1-2H3. The minimum atomic E-state index is -4.72. The molecule has 6 heteroatoms. The van der Waals surface area contributed by atoms with Crippen LogP contribution in [0, 0.1) is 0 Å². The second-order valence-corrected chi connectivity index (χ2v) is 4.39. The van der Waals surface area contributed by atoms with E-state index < -0.39 is 6.36 Å². The third-order valence-corrected chi connectivity index (χ3v) is 3.06. The highest BCUT2D eigenvalue weighted by molar-refractivity contribution is 6.08. The van der Waals surface area contributed by atoms with Gasteiger partial charge in [0.25, 0.3) is 0 Å². The van der Waals surface area contributed by atoms with Crippen LogP contribution in [0.25, 0.3) is 21.7 Å². The Kier molecular flexibility index (Phi) is 4.93. The van der Waals surface area contributed by atoms with Gasteiger partial charge in [0.15, 0.2) is 0 Å². The van der Waals surface area contributed by atoms with Gasteiger partial charge in [-0.25, -0.2) is 4.98 Å². The zero-order chi connectivity index (χ0) is 17.0.